The van der Waals surface area contributed by atoms with Gasteiger partial charge < -0.3 is 21.2 Å². The molecule has 167 valence electrons. The SMILES string of the molecule is C#CCO[N-]NC(=O)c1cc(Br)cc(Br)c1NC(=O)c1cc(Br)nn1-c1ncccc1Cl.[Y]. The average molecular weight is 735 g/mol. The van der Waals surface area contributed by atoms with E-state index in [-0.39, 0.29) is 62.1 Å². The van der Waals surface area contributed by atoms with Gasteiger partial charge in [0.25, 0.3) is 5.91 Å². The van der Waals surface area contributed by atoms with E-state index in [0.717, 1.165) is 0 Å². The molecule has 1 radical (unpaired) electrons. The van der Waals surface area contributed by atoms with Crippen LogP contribution in [-0.4, -0.2) is 33.2 Å². The third kappa shape index (κ3) is 7.16. The van der Waals surface area contributed by atoms with E-state index >= 15 is 0 Å². The van der Waals surface area contributed by atoms with Gasteiger partial charge in [0.05, 0.1) is 22.9 Å². The molecule has 0 atom stereocenters. The van der Waals surface area contributed by atoms with Crippen LogP contribution in [0.1, 0.15) is 20.8 Å². The Balaban J connectivity index is 0.00000385. The molecular weight excluding hydrogens is 724 g/mol. The van der Waals surface area contributed by atoms with E-state index in [1.54, 1.807) is 18.2 Å². The van der Waals surface area contributed by atoms with Crippen molar-refractivity contribution in [1.82, 2.24) is 20.2 Å². The van der Waals surface area contributed by atoms with Crippen LogP contribution in [0.25, 0.3) is 11.4 Å². The summed E-state index contributed by atoms with van der Waals surface area (Å²) in [6, 6.07) is 7.96. The first-order valence-electron chi connectivity index (χ1n) is 8.54. The van der Waals surface area contributed by atoms with Gasteiger partial charge in [0.15, 0.2) is 5.82 Å². The monoisotopic (exact) mass is 732 g/mol. The van der Waals surface area contributed by atoms with Crippen molar-refractivity contribution < 1.29 is 47.1 Å². The second kappa shape index (κ2) is 13.1. The predicted octanol–water partition coefficient (Wildman–Crippen LogP) is 5.04. The van der Waals surface area contributed by atoms with Crippen LogP contribution in [0.4, 0.5) is 5.69 Å². The van der Waals surface area contributed by atoms with E-state index < -0.39 is 11.8 Å². The van der Waals surface area contributed by atoms with Crippen LogP contribution in [0, 0.1) is 12.3 Å². The molecule has 1 aromatic carbocycles. The molecule has 0 saturated carbocycles. The van der Waals surface area contributed by atoms with E-state index in [0.29, 0.717) is 18.6 Å². The Bertz CT molecular complexity index is 1230. The van der Waals surface area contributed by atoms with E-state index in [1.807, 2.05) is 0 Å². The molecule has 3 rings (SSSR count). The number of carbonyl (C=O) groups is 2. The number of anilines is 1. The first kappa shape index (κ1) is 28.1. The molecule has 0 aliphatic rings. The third-order valence-corrected chi connectivity index (χ3v) is 5.52. The molecule has 0 spiro atoms. The number of pyridine rings is 1. The molecule has 0 saturated heterocycles. The number of nitrogens with zero attached hydrogens (tertiary/aromatic N) is 4. The van der Waals surface area contributed by atoms with Gasteiger partial charge >= 0.3 is 0 Å². The zero-order valence-electron chi connectivity index (χ0n) is 16.4. The van der Waals surface area contributed by atoms with Crippen LogP contribution >= 0.6 is 59.4 Å². The minimum Gasteiger partial charge on any atom is -0.457 e. The molecule has 33 heavy (non-hydrogen) atoms. The van der Waals surface area contributed by atoms with E-state index in [9.17, 15) is 9.59 Å². The number of benzene rings is 1. The number of terminal acetylenes is 1. The van der Waals surface area contributed by atoms with Crippen molar-refractivity contribution in [1.29, 1.82) is 0 Å². The molecule has 0 aliphatic heterocycles. The maximum atomic E-state index is 13.1. The molecule has 2 heterocycles. The molecule has 14 heteroatoms. The maximum Gasteiger partial charge on any atom is 0.274 e. The Morgan fingerprint density at radius 1 is 1.24 bits per heavy atom. The van der Waals surface area contributed by atoms with Crippen LogP contribution in [0.5, 0.6) is 0 Å². The maximum absolute atomic E-state index is 13.1. The van der Waals surface area contributed by atoms with Crippen molar-refractivity contribution in [2.45, 2.75) is 0 Å². The Labute approximate surface area is 243 Å². The minimum absolute atomic E-state index is 0. The summed E-state index contributed by atoms with van der Waals surface area (Å²) in [6.45, 7) is -0.110. The molecule has 0 unspecified atom stereocenters. The molecule has 0 aliphatic carbocycles. The molecule has 0 fully saturated rings. The zero-order chi connectivity index (χ0) is 23.3. The number of hydrogen-bond donors (Lipinski definition) is 2. The summed E-state index contributed by atoms with van der Waals surface area (Å²) in [5, 5.41) is 7.25. The van der Waals surface area contributed by atoms with Crippen molar-refractivity contribution in [3.8, 4) is 18.2 Å². The minimum atomic E-state index is -0.637. The van der Waals surface area contributed by atoms with E-state index in [4.69, 9.17) is 22.9 Å². The summed E-state index contributed by atoms with van der Waals surface area (Å²) in [6.07, 6.45) is 6.59. The molecule has 0 bridgehead atoms. The molecule has 2 aromatic heterocycles. The van der Waals surface area contributed by atoms with Gasteiger partial charge in [0, 0.05) is 53.9 Å². The molecule has 2 N–H and O–H groups in total. The van der Waals surface area contributed by atoms with Crippen molar-refractivity contribution in [2.24, 2.45) is 0 Å². The van der Waals surface area contributed by atoms with E-state index in [1.165, 1.54) is 23.0 Å². The number of carbonyl (C=O) groups excluding carboxylic acids is 2. The Hall–Kier alpha value is -1.17. The standard InChI is InChI=1S/C19H12Br3ClN6O3.Y/c1-2-6-32-28-26-18(30)11-7-10(20)8-12(21)16(11)25-19(31)14-9-15(22)27-29(14)17-13(23)4-3-5-24-17;/h1,3-5,7-9H,6H2,(H3,25,26,27,28,30,31);/p-1. The largest absolute Gasteiger partial charge is 0.457 e. The van der Waals surface area contributed by atoms with Gasteiger partial charge in [0.2, 0.25) is 5.91 Å². The normalized spacial score (nSPS) is 10.2. The first-order chi connectivity index (χ1) is 15.3. The summed E-state index contributed by atoms with van der Waals surface area (Å²) >= 11 is 16.2. The number of aromatic nitrogens is 3. The molecule has 2 amide bonds. The first-order valence-corrected chi connectivity index (χ1v) is 11.3. The number of nitrogens with one attached hydrogen (secondary N) is 2. The molecular formula is C19H11Br3ClN6O3Y-. The van der Waals surface area contributed by atoms with Crippen LogP contribution in [0.3, 0.4) is 0 Å². The van der Waals surface area contributed by atoms with Crippen LogP contribution in [0.15, 0.2) is 50.1 Å². The van der Waals surface area contributed by atoms with Crippen molar-refractivity contribution >= 4 is 76.9 Å². The van der Waals surface area contributed by atoms with Crippen LogP contribution < -0.4 is 10.7 Å². The van der Waals surface area contributed by atoms with Gasteiger partial charge in [-0.3, -0.25) is 9.59 Å². The number of rotatable bonds is 7. The van der Waals surface area contributed by atoms with Gasteiger partial charge in [-0.1, -0.05) is 33.5 Å². The fourth-order valence-electron chi connectivity index (χ4n) is 2.47. The quantitative estimate of drug-likeness (QED) is 0.201. The van der Waals surface area contributed by atoms with Gasteiger partial charge in [-0.05, 0) is 56.1 Å². The predicted molar refractivity (Wildman–Crippen MR) is 129 cm³/mol. The van der Waals surface area contributed by atoms with Gasteiger partial charge in [0.1, 0.15) is 10.3 Å². The second-order valence-corrected chi connectivity index (χ2v) is 8.84. The van der Waals surface area contributed by atoms with Crippen molar-refractivity contribution in [2.75, 3.05) is 11.9 Å². The van der Waals surface area contributed by atoms with Crippen LogP contribution in [0.2, 0.25) is 5.02 Å². The fourth-order valence-corrected chi connectivity index (χ4v) is 4.37. The van der Waals surface area contributed by atoms with Gasteiger partial charge in [-0.25, -0.2) is 9.67 Å². The molecule has 3 aromatic rings. The topological polar surface area (TPSA) is 112 Å². The smallest absolute Gasteiger partial charge is 0.274 e. The summed E-state index contributed by atoms with van der Waals surface area (Å²) in [5.74, 6) is 1.28. The Morgan fingerprint density at radius 2 is 2.00 bits per heavy atom. The third-order valence-electron chi connectivity index (χ3n) is 3.75. The number of halogens is 4. The second-order valence-electron chi connectivity index (χ2n) is 5.85. The summed E-state index contributed by atoms with van der Waals surface area (Å²) in [5.41, 5.74) is 6.05. The molecule has 9 nitrogen and oxygen atoms in total. The zero-order valence-corrected chi connectivity index (χ0v) is 24.7. The van der Waals surface area contributed by atoms with Crippen molar-refractivity contribution in [3.05, 3.63) is 71.9 Å². The Morgan fingerprint density at radius 3 is 2.70 bits per heavy atom. The van der Waals surface area contributed by atoms with E-state index in [2.05, 4.69) is 80.1 Å². The fraction of sp³-hybridized carbons (Fsp3) is 0.0526. The van der Waals surface area contributed by atoms with Crippen molar-refractivity contribution in [3.63, 3.8) is 0 Å². The summed E-state index contributed by atoms with van der Waals surface area (Å²) < 4.78 is 2.71. The number of hydrogen-bond acceptors (Lipinski definition) is 5. The average Bonchev–Trinajstić information content (AvgIpc) is 3.14. The van der Waals surface area contributed by atoms with Crippen LogP contribution in [-0.2, 0) is 37.5 Å². The summed E-state index contributed by atoms with van der Waals surface area (Å²) in [4.78, 5) is 34.6. The van der Waals surface area contributed by atoms with Gasteiger partial charge in [-0.2, -0.15) is 5.10 Å². The Kier molecular flexibility index (Phi) is 11.1. The summed E-state index contributed by atoms with van der Waals surface area (Å²) in [7, 11) is 0. The number of amides is 2. The van der Waals surface area contributed by atoms with Gasteiger partial charge in [-0.15, -0.1) is 6.42 Å².